The van der Waals surface area contributed by atoms with E-state index >= 15 is 0 Å². The van der Waals surface area contributed by atoms with E-state index < -0.39 is 4.92 Å². The minimum atomic E-state index is -0.477. The first-order chi connectivity index (χ1) is 11.9. The average Bonchev–Trinajstić information content (AvgIpc) is 2.56. The van der Waals surface area contributed by atoms with Gasteiger partial charge in [-0.2, -0.15) is 5.10 Å². The van der Waals surface area contributed by atoms with Crippen LogP contribution < -0.4 is 16.5 Å². The zero-order valence-corrected chi connectivity index (χ0v) is 15.0. The zero-order chi connectivity index (χ0) is 18.4. The Bertz CT molecular complexity index is 845. The maximum absolute atomic E-state index is 11.3. The lowest BCUT2D eigenvalue weighted by atomic mass is 10.1. The molecular weight excluding hydrogens is 385 g/mol. The minimum Gasteiger partial charge on any atom is -0.375 e. The number of nitro groups is 1. The molecule has 0 aromatic heterocycles. The summed E-state index contributed by atoms with van der Waals surface area (Å²) in [6.07, 6.45) is 1.38. The molecule has 0 atom stereocenters. The fourth-order valence-corrected chi connectivity index (χ4v) is 2.32. The molecule has 0 amide bonds. The maximum Gasteiger partial charge on any atom is 0.292 e. The highest BCUT2D eigenvalue weighted by Gasteiger charge is 2.14. The summed E-state index contributed by atoms with van der Waals surface area (Å²) in [5.41, 5.74) is 9.28. The lowest BCUT2D eigenvalue weighted by Crippen LogP contribution is -2.23. The van der Waals surface area contributed by atoms with Crippen LogP contribution in [0.15, 0.2) is 41.5 Å². The van der Waals surface area contributed by atoms with E-state index in [0.29, 0.717) is 27.8 Å². The van der Waals surface area contributed by atoms with Gasteiger partial charge in [0.15, 0.2) is 5.11 Å². The summed E-state index contributed by atoms with van der Waals surface area (Å²) in [6, 6.07) is 9.82. The number of hydrogen-bond acceptors (Lipinski definition) is 5. The van der Waals surface area contributed by atoms with E-state index in [4.69, 9.17) is 28.9 Å². The molecule has 7 nitrogen and oxygen atoms in total. The molecule has 2 aromatic carbocycles. The minimum absolute atomic E-state index is 0.00524. The van der Waals surface area contributed by atoms with E-state index in [2.05, 4.69) is 28.1 Å². The number of nitrogens with one attached hydrogen (secondary N) is 2. The van der Waals surface area contributed by atoms with Gasteiger partial charge in [0, 0.05) is 18.2 Å². The van der Waals surface area contributed by atoms with Crippen molar-refractivity contribution < 1.29 is 4.92 Å². The van der Waals surface area contributed by atoms with Crippen LogP contribution in [0.2, 0.25) is 10.0 Å². The molecule has 0 bridgehead atoms. The summed E-state index contributed by atoms with van der Waals surface area (Å²) in [4.78, 5) is 10.8. The highest BCUT2D eigenvalue weighted by molar-refractivity contribution is 7.80. The van der Waals surface area contributed by atoms with E-state index in [-0.39, 0.29) is 10.8 Å². The number of nitrogens with zero attached hydrogens (tertiary/aromatic N) is 2. The normalized spacial score (nSPS) is 10.6. The molecule has 0 heterocycles. The quantitative estimate of drug-likeness (QED) is 0.297. The number of rotatable bonds is 6. The van der Waals surface area contributed by atoms with Crippen LogP contribution in [-0.2, 0) is 6.54 Å². The topological polar surface area (TPSA) is 106 Å². The Morgan fingerprint density at radius 3 is 2.68 bits per heavy atom. The average molecular weight is 398 g/mol. The Balaban J connectivity index is 2.16. The van der Waals surface area contributed by atoms with Crippen LogP contribution in [0.3, 0.4) is 0 Å². The predicted octanol–water partition coefficient (Wildman–Crippen LogP) is 3.68. The van der Waals surface area contributed by atoms with Gasteiger partial charge in [0.2, 0.25) is 0 Å². The molecule has 10 heteroatoms. The molecule has 0 radical (unpaired) electrons. The molecule has 0 saturated carbocycles. The van der Waals surface area contributed by atoms with Crippen LogP contribution in [0, 0.1) is 10.1 Å². The second kappa shape index (κ2) is 8.61. The summed E-state index contributed by atoms with van der Waals surface area (Å²) in [7, 11) is 0. The van der Waals surface area contributed by atoms with Crippen molar-refractivity contribution in [2.24, 2.45) is 10.8 Å². The number of hydrogen-bond donors (Lipinski definition) is 3. The van der Waals surface area contributed by atoms with E-state index in [1.807, 2.05) is 0 Å². The lowest BCUT2D eigenvalue weighted by Gasteiger charge is -2.08. The standard InChI is InChI=1S/C15H13Cl2N5O2S/c16-11-3-1-9(5-12(11)17)7-19-13-4-2-10(6-14(13)22(23)24)8-20-21-15(18)25/h1-6,8,19H,7H2,(H3,18,21,25)/b20-8+. The molecule has 0 saturated heterocycles. The Morgan fingerprint density at radius 2 is 2.04 bits per heavy atom. The Kier molecular flexibility index (Phi) is 6.51. The summed E-state index contributed by atoms with van der Waals surface area (Å²) >= 11 is 16.4. The largest absolute Gasteiger partial charge is 0.375 e. The summed E-state index contributed by atoms with van der Waals surface area (Å²) in [5, 5.41) is 19.0. The van der Waals surface area contributed by atoms with Crippen LogP contribution in [0.1, 0.15) is 11.1 Å². The van der Waals surface area contributed by atoms with Crippen molar-refractivity contribution in [2.75, 3.05) is 5.32 Å². The molecule has 0 spiro atoms. The lowest BCUT2D eigenvalue weighted by molar-refractivity contribution is -0.384. The van der Waals surface area contributed by atoms with Crippen molar-refractivity contribution in [2.45, 2.75) is 6.54 Å². The van der Waals surface area contributed by atoms with Gasteiger partial charge >= 0.3 is 0 Å². The van der Waals surface area contributed by atoms with Gasteiger partial charge < -0.3 is 11.1 Å². The number of nitro benzene ring substituents is 1. The highest BCUT2D eigenvalue weighted by atomic mass is 35.5. The van der Waals surface area contributed by atoms with Crippen molar-refractivity contribution >= 4 is 58.1 Å². The fraction of sp³-hybridized carbons (Fsp3) is 0.0667. The zero-order valence-electron chi connectivity index (χ0n) is 12.7. The van der Waals surface area contributed by atoms with Crippen molar-refractivity contribution in [1.29, 1.82) is 0 Å². The first-order valence-electron chi connectivity index (χ1n) is 6.91. The summed E-state index contributed by atoms with van der Waals surface area (Å²) in [6.45, 7) is 0.355. The molecule has 0 aliphatic heterocycles. The number of hydrazone groups is 1. The third kappa shape index (κ3) is 5.56. The van der Waals surface area contributed by atoms with Crippen molar-refractivity contribution in [3.63, 3.8) is 0 Å². The van der Waals surface area contributed by atoms with Gasteiger partial charge in [-0.15, -0.1) is 0 Å². The SMILES string of the molecule is NC(=S)N/N=C/c1ccc(NCc2ccc(Cl)c(Cl)c2)c([N+](=O)[O-])c1. The van der Waals surface area contributed by atoms with E-state index in [0.717, 1.165) is 5.56 Å². The molecule has 130 valence electrons. The molecule has 25 heavy (non-hydrogen) atoms. The van der Waals surface area contributed by atoms with Gasteiger partial charge in [0.25, 0.3) is 5.69 Å². The monoisotopic (exact) mass is 397 g/mol. The molecule has 0 aliphatic rings. The molecule has 0 unspecified atom stereocenters. The van der Waals surface area contributed by atoms with E-state index in [1.165, 1.54) is 12.3 Å². The highest BCUT2D eigenvalue weighted by Crippen LogP contribution is 2.27. The third-order valence-electron chi connectivity index (χ3n) is 3.07. The number of thiocarbonyl (C=S) groups is 1. The summed E-state index contributed by atoms with van der Waals surface area (Å²) < 4.78 is 0. The second-order valence-corrected chi connectivity index (χ2v) is 6.12. The molecule has 0 aliphatic carbocycles. The van der Waals surface area contributed by atoms with Gasteiger partial charge in [0.05, 0.1) is 21.2 Å². The first-order valence-corrected chi connectivity index (χ1v) is 8.08. The number of benzene rings is 2. The van der Waals surface area contributed by atoms with Gasteiger partial charge in [-0.3, -0.25) is 15.5 Å². The fourth-order valence-electron chi connectivity index (χ4n) is 1.95. The van der Waals surface area contributed by atoms with Crippen LogP contribution in [0.5, 0.6) is 0 Å². The van der Waals surface area contributed by atoms with Crippen molar-refractivity contribution in [3.05, 3.63) is 67.7 Å². The van der Waals surface area contributed by atoms with Crippen molar-refractivity contribution in [1.82, 2.24) is 5.43 Å². The Labute approximate surface area is 159 Å². The Hall–Kier alpha value is -2.42. The second-order valence-electron chi connectivity index (χ2n) is 4.87. The summed E-state index contributed by atoms with van der Waals surface area (Å²) in [5.74, 6) is 0. The maximum atomic E-state index is 11.3. The van der Waals surface area contributed by atoms with Crippen LogP contribution in [0.25, 0.3) is 0 Å². The first kappa shape index (κ1) is 18.9. The predicted molar refractivity (Wildman–Crippen MR) is 104 cm³/mol. The third-order valence-corrected chi connectivity index (χ3v) is 3.90. The number of halogens is 2. The van der Waals surface area contributed by atoms with Crippen LogP contribution in [0.4, 0.5) is 11.4 Å². The molecule has 4 N–H and O–H groups in total. The van der Waals surface area contributed by atoms with Crippen molar-refractivity contribution in [3.8, 4) is 0 Å². The number of anilines is 1. The van der Waals surface area contributed by atoms with E-state index in [9.17, 15) is 10.1 Å². The van der Waals surface area contributed by atoms with Crippen LogP contribution >= 0.6 is 35.4 Å². The number of nitrogens with two attached hydrogens (primary N) is 1. The Morgan fingerprint density at radius 1 is 1.28 bits per heavy atom. The van der Waals surface area contributed by atoms with Crippen LogP contribution in [-0.4, -0.2) is 16.3 Å². The smallest absolute Gasteiger partial charge is 0.292 e. The molecular formula is C15H13Cl2N5O2S. The molecule has 0 fully saturated rings. The van der Waals surface area contributed by atoms with Gasteiger partial charge in [0.1, 0.15) is 5.69 Å². The van der Waals surface area contributed by atoms with Gasteiger partial charge in [-0.05, 0) is 36.0 Å². The molecule has 2 aromatic rings. The van der Waals surface area contributed by atoms with Gasteiger partial charge in [-0.1, -0.05) is 35.3 Å². The van der Waals surface area contributed by atoms with E-state index in [1.54, 1.807) is 30.3 Å². The molecule has 2 rings (SSSR count). The van der Waals surface area contributed by atoms with Gasteiger partial charge in [-0.25, -0.2) is 0 Å².